The molecular weight excluding hydrogens is 254 g/mol. The summed E-state index contributed by atoms with van der Waals surface area (Å²) in [4.78, 5) is 16.6. The van der Waals surface area contributed by atoms with E-state index in [1.54, 1.807) is 0 Å². The van der Waals surface area contributed by atoms with Crippen molar-refractivity contribution in [2.24, 2.45) is 5.92 Å². The first-order chi connectivity index (χ1) is 9.81. The Morgan fingerprint density at radius 3 is 2.70 bits per heavy atom. The number of nitrogens with one attached hydrogen (secondary N) is 1. The van der Waals surface area contributed by atoms with Crippen LogP contribution < -0.4 is 5.32 Å². The second kappa shape index (κ2) is 6.87. The second-order valence-electron chi connectivity index (χ2n) is 6.42. The highest BCUT2D eigenvalue weighted by Gasteiger charge is 2.26. The molecule has 1 unspecified atom stereocenters. The molecule has 3 aliphatic rings. The van der Waals surface area contributed by atoms with Gasteiger partial charge < -0.3 is 15.0 Å². The van der Waals surface area contributed by atoms with Crippen molar-refractivity contribution in [3.63, 3.8) is 0 Å². The number of hydrogen-bond donors (Lipinski definition) is 1. The largest absolute Gasteiger partial charge is 0.378 e. The smallest absolute Gasteiger partial charge is 0.236 e. The van der Waals surface area contributed by atoms with E-state index in [2.05, 4.69) is 10.2 Å². The van der Waals surface area contributed by atoms with Crippen molar-refractivity contribution in [2.75, 3.05) is 52.5 Å². The van der Waals surface area contributed by atoms with Gasteiger partial charge in [-0.2, -0.15) is 0 Å². The number of nitrogens with zero attached hydrogens (tertiary/aromatic N) is 2. The van der Waals surface area contributed by atoms with E-state index in [0.29, 0.717) is 19.8 Å². The van der Waals surface area contributed by atoms with Crippen LogP contribution in [0.5, 0.6) is 0 Å². The quantitative estimate of drug-likeness (QED) is 0.788. The predicted molar refractivity (Wildman–Crippen MR) is 77.6 cm³/mol. The number of rotatable bonds is 5. The molecule has 5 heteroatoms. The Labute approximate surface area is 121 Å². The monoisotopic (exact) mass is 281 g/mol. The maximum atomic E-state index is 12.3. The van der Waals surface area contributed by atoms with Gasteiger partial charge in [-0.25, -0.2) is 0 Å². The van der Waals surface area contributed by atoms with Crippen LogP contribution in [0.4, 0.5) is 0 Å². The summed E-state index contributed by atoms with van der Waals surface area (Å²) in [6.45, 7) is 6.80. The third-order valence-corrected chi connectivity index (χ3v) is 4.60. The maximum Gasteiger partial charge on any atom is 0.236 e. The van der Waals surface area contributed by atoms with Gasteiger partial charge in [0.25, 0.3) is 0 Å². The van der Waals surface area contributed by atoms with Crippen LogP contribution in [-0.4, -0.2) is 74.2 Å². The molecule has 1 aliphatic carbocycles. The molecule has 0 aromatic carbocycles. The number of amides is 1. The molecule has 0 bridgehead atoms. The van der Waals surface area contributed by atoms with Gasteiger partial charge in [0, 0.05) is 25.7 Å². The summed E-state index contributed by atoms with van der Waals surface area (Å²) in [6.07, 6.45) is 5.24. The summed E-state index contributed by atoms with van der Waals surface area (Å²) < 4.78 is 5.30. The molecule has 2 aliphatic heterocycles. The molecule has 3 rings (SSSR count). The normalized spacial score (nSPS) is 28.6. The standard InChI is InChI=1S/C15H27N3O2/c19-15(18-6-8-20-9-7-18)12-17-5-1-2-13(11-17)10-16-14-3-4-14/h13-14,16H,1-12H2. The zero-order valence-corrected chi connectivity index (χ0v) is 12.4. The summed E-state index contributed by atoms with van der Waals surface area (Å²) >= 11 is 0. The summed E-state index contributed by atoms with van der Waals surface area (Å²) in [5.41, 5.74) is 0. The van der Waals surface area contributed by atoms with E-state index in [-0.39, 0.29) is 5.91 Å². The van der Waals surface area contributed by atoms with Gasteiger partial charge in [-0.3, -0.25) is 9.69 Å². The Morgan fingerprint density at radius 1 is 1.15 bits per heavy atom. The lowest BCUT2D eigenvalue weighted by atomic mass is 9.98. The van der Waals surface area contributed by atoms with E-state index in [4.69, 9.17) is 4.74 Å². The van der Waals surface area contributed by atoms with E-state index < -0.39 is 0 Å². The second-order valence-corrected chi connectivity index (χ2v) is 6.42. The Hall–Kier alpha value is -0.650. The SMILES string of the molecule is O=C(CN1CCCC(CNC2CC2)C1)N1CCOCC1. The summed E-state index contributed by atoms with van der Waals surface area (Å²) in [5.74, 6) is 1.01. The molecular formula is C15H27N3O2. The average Bonchev–Trinajstić information content (AvgIpc) is 3.31. The van der Waals surface area contributed by atoms with Crippen LogP contribution in [0.15, 0.2) is 0 Å². The van der Waals surface area contributed by atoms with E-state index in [9.17, 15) is 4.79 Å². The van der Waals surface area contributed by atoms with Gasteiger partial charge >= 0.3 is 0 Å². The average molecular weight is 281 g/mol. The molecule has 1 N–H and O–H groups in total. The molecule has 1 atom stereocenters. The molecule has 1 amide bonds. The van der Waals surface area contributed by atoms with Crippen molar-refractivity contribution in [3.8, 4) is 0 Å². The van der Waals surface area contributed by atoms with E-state index >= 15 is 0 Å². The van der Waals surface area contributed by atoms with E-state index in [0.717, 1.165) is 44.7 Å². The van der Waals surface area contributed by atoms with Gasteiger partial charge in [-0.05, 0) is 44.7 Å². The fourth-order valence-electron chi connectivity index (χ4n) is 3.19. The van der Waals surface area contributed by atoms with Gasteiger partial charge in [-0.15, -0.1) is 0 Å². The summed E-state index contributed by atoms with van der Waals surface area (Å²) in [7, 11) is 0. The van der Waals surface area contributed by atoms with Crippen molar-refractivity contribution in [3.05, 3.63) is 0 Å². The number of piperidine rings is 1. The minimum absolute atomic E-state index is 0.282. The van der Waals surface area contributed by atoms with Crippen molar-refractivity contribution in [1.29, 1.82) is 0 Å². The van der Waals surface area contributed by atoms with Crippen molar-refractivity contribution in [2.45, 2.75) is 31.7 Å². The van der Waals surface area contributed by atoms with E-state index in [1.807, 2.05) is 4.90 Å². The number of carbonyl (C=O) groups is 1. The lowest BCUT2D eigenvalue weighted by Crippen LogP contribution is -2.48. The van der Waals surface area contributed by atoms with Crippen molar-refractivity contribution < 1.29 is 9.53 Å². The Bertz CT molecular complexity index is 327. The Kier molecular flexibility index (Phi) is 4.91. The molecule has 114 valence electrons. The molecule has 0 aromatic heterocycles. The van der Waals surface area contributed by atoms with Gasteiger partial charge in [0.2, 0.25) is 5.91 Å². The van der Waals surface area contributed by atoms with Crippen LogP contribution in [0.3, 0.4) is 0 Å². The predicted octanol–water partition coefficient (Wildman–Crippen LogP) is 0.309. The molecule has 5 nitrogen and oxygen atoms in total. The number of carbonyl (C=O) groups excluding carboxylic acids is 1. The number of hydrogen-bond acceptors (Lipinski definition) is 4. The highest BCUT2D eigenvalue weighted by molar-refractivity contribution is 5.78. The lowest BCUT2D eigenvalue weighted by Gasteiger charge is -2.34. The fourth-order valence-corrected chi connectivity index (χ4v) is 3.19. The van der Waals surface area contributed by atoms with E-state index in [1.165, 1.54) is 25.7 Å². The molecule has 0 aromatic rings. The highest BCUT2D eigenvalue weighted by Crippen LogP contribution is 2.21. The Morgan fingerprint density at radius 2 is 1.95 bits per heavy atom. The zero-order chi connectivity index (χ0) is 13.8. The van der Waals surface area contributed by atoms with Crippen molar-refractivity contribution >= 4 is 5.91 Å². The first-order valence-corrected chi connectivity index (χ1v) is 8.12. The Balaban J connectivity index is 1.40. The molecule has 0 spiro atoms. The molecule has 3 fully saturated rings. The molecule has 20 heavy (non-hydrogen) atoms. The fraction of sp³-hybridized carbons (Fsp3) is 0.933. The molecule has 1 saturated carbocycles. The minimum Gasteiger partial charge on any atom is -0.378 e. The van der Waals surface area contributed by atoms with Crippen LogP contribution in [0.2, 0.25) is 0 Å². The van der Waals surface area contributed by atoms with Gasteiger partial charge in [0.15, 0.2) is 0 Å². The molecule has 2 heterocycles. The topological polar surface area (TPSA) is 44.8 Å². The van der Waals surface area contributed by atoms with Crippen LogP contribution >= 0.6 is 0 Å². The first-order valence-electron chi connectivity index (χ1n) is 8.12. The highest BCUT2D eigenvalue weighted by atomic mass is 16.5. The first kappa shape index (κ1) is 14.3. The minimum atomic E-state index is 0.282. The van der Waals surface area contributed by atoms with Crippen LogP contribution in [0.25, 0.3) is 0 Å². The molecule has 2 saturated heterocycles. The zero-order valence-electron chi connectivity index (χ0n) is 12.4. The lowest BCUT2D eigenvalue weighted by molar-refractivity contribution is -0.136. The molecule has 0 radical (unpaired) electrons. The van der Waals surface area contributed by atoms with Gasteiger partial charge in [-0.1, -0.05) is 0 Å². The third-order valence-electron chi connectivity index (χ3n) is 4.60. The third kappa shape index (κ3) is 4.17. The van der Waals surface area contributed by atoms with Crippen molar-refractivity contribution in [1.82, 2.24) is 15.1 Å². The van der Waals surface area contributed by atoms with Crippen LogP contribution in [0.1, 0.15) is 25.7 Å². The number of ether oxygens (including phenoxy) is 1. The van der Waals surface area contributed by atoms with Crippen LogP contribution in [-0.2, 0) is 9.53 Å². The maximum absolute atomic E-state index is 12.3. The van der Waals surface area contributed by atoms with Gasteiger partial charge in [0.05, 0.1) is 19.8 Å². The number of morpholine rings is 1. The number of likely N-dealkylation sites (tertiary alicyclic amines) is 1. The van der Waals surface area contributed by atoms with Gasteiger partial charge in [0.1, 0.15) is 0 Å². The summed E-state index contributed by atoms with van der Waals surface area (Å²) in [5, 5.41) is 3.63. The van der Waals surface area contributed by atoms with Crippen LogP contribution in [0, 0.1) is 5.92 Å². The summed E-state index contributed by atoms with van der Waals surface area (Å²) in [6, 6.07) is 0.792.